The monoisotopic (exact) mass is 265 g/mol. The van der Waals surface area contributed by atoms with Crippen LogP contribution in [0, 0.1) is 0 Å². The third-order valence-electron chi connectivity index (χ3n) is 3.25. The molecule has 0 saturated carbocycles. The second-order valence-corrected chi connectivity index (χ2v) is 4.58. The number of benzene rings is 1. The fraction of sp³-hybridized carbons (Fsp3) is 0.500. The Bertz CT molecular complexity index is 419. The lowest BCUT2D eigenvalue weighted by Crippen LogP contribution is -2.54. The summed E-state index contributed by atoms with van der Waals surface area (Å²) in [5.74, 6) is -0.930. The van der Waals surface area contributed by atoms with Gasteiger partial charge in [-0.2, -0.15) is 0 Å². The van der Waals surface area contributed by atoms with E-state index in [4.69, 9.17) is 9.47 Å². The van der Waals surface area contributed by atoms with Gasteiger partial charge in [0.1, 0.15) is 6.10 Å². The van der Waals surface area contributed by atoms with Gasteiger partial charge in [-0.1, -0.05) is 37.3 Å². The minimum Gasteiger partial charge on any atom is -0.480 e. The average molecular weight is 265 g/mol. The van der Waals surface area contributed by atoms with Gasteiger partial charge in [0.15, 0.2) is 5.54 Å². The molecule has 1 fully saturated rings. The van der Waals surface area contributed by atoms with Gasteiger partial charge in [0.2, 0.25) is 0 Å². The van der Waals surface area contributed by atoms with Gasteiger partial charge in [0, 0.05) is 0 Å². The summed E-state index contributed by atoms with van der Waals surface area (Å²) in [7, 11) is 0. The zero-order valence-electron chi connectivity index (χ0n) is 11.0. The number of likely N-dealkylation sites (N-methyl/N-ethyl adjacent to an activating group) is 1. The van der Waals surface area contributed by atoms with Crippen LogP contribution in [0.2, 0.25) is 0 Å². The van der Waals surface area contributed by atoms with E-state index >= 15 is 0 Å². The third-order valence-corrected chi connectivity index (χ3v) is 3.25. The summed E-state index contributed by atoms with van der Waals surface area (Å²) in [5, 5.41) is 12.7. The van der Waals surface area contributed by atoms with Gasteiger partial charge in [-0.05, 0) is 12.1 Å². The van der Waals surface area contributed by atoms with Crippen LogP contribution in [0.4, 0.5) is 0 Å². The Hall–Kier alpha value is -1.43. The Morgan fingerprint density at radius 1 is 1.47 bits per heavy atom. The lowest BCUT2D eigenvalue weighted by atomic mass is 9.90. The molecule has 2 N–H and O–H groups in total. The SMILES string of the molecule is CCNC(COC1COC1)(C(=O)O)c1ccccc1. The quantitative estimate of drug-likeness (QED) is 0.769. The molecule has 5 nitrogen and oxygen atoms in total. The number of carboxylic acids is 1. The van der Waals surface area contributed by atoms with Crippen LogP contribution in [-0.4, -0.2) is 43.5 Å². The summed E-state index contributed by atoms with van der Waals surface area (Å²) in [6.07, 6.45) is 0.00101. The zero-order valence-corrected chi connectivity index (χ0v) is 11.0. The Kier molecular flexibility index (Phi) is 4.52. The number of hydrogen-bond donors (Lipinski definition) is 2. The lowest BCUT2D eigenvalue weighted by molar-refractivity contribution is -0.163. The van der Waals surface area contributed by atoms with Crippen molar-refractivity contribution in [3.05, 3.63) is 35.9 Å². The van der Waals surface area contributed by atoms with Crippen LogP contribution in [0.3, 0.4) is 0 Å². The second-order valence-electron chi connectivity index (χ2n) is 4.58. The maximum Gasteiger partial charge on any atom is 0.331 e. The van der Waals surface area contributed by atoms with E-state index in [0.717, 1.165) is 0 Å². The highest BCUT2D eigenvalue weighted by atomic mass is 16.6. The smallest absolute Gasteiger partial charge is 0.331 e. The Morgan fingerprint density at radius 3 is 2.63 bits per heavy atom. The summed E-state index contributed by atoms with van der Waals surface area (Å²) in [4.78, 5) is 11.8. The first kappa shape index (κ1) is 14.0. The van der Waals surface area contributed by atoms with E-state index < -0.39 is 11.5 Å². The molecule has 104 valence electrons. The molecule has 1 saturated heterocycles. The molecule has 1 aliphatic rings. The highest BCUT2D eigenvalue weighted by molar-refractivity contribution is 5.81. The summed E-state index contributed by atoms with van der Waals surface area (Å²) in [6.45, 7) is 3.60. The summed E-state index contributed by atoms with van der Waals surface area (Å²) < 4.78 is 10.7. The van der Waals surface area contributed by atoms with Crippen LogP contribution in [0.15, 0.2) is 30.3 Å². The minimum atomic E-state index is -1.20. The van der Waals surface area contributed by atoms with Crippen LogP contribution in [0.1, 0.15) is 12.5 Å². The number of rotatable bonds is 7. The van der Waals surface area contributed by atoms with Crippen molar-refractivity contribution < 1.29 is 19.4 Å². The number of hydrogen-bond acceptors (Lipinski definition) is 4. The summed E-state index contributed by atoms with van der Waals surface area (Å²) >= 11 is 0. The fourth-order valence-corrected chi connectivity index (χ4v) is 2.07. The second kappa shape index (κ2) is 6.14. The molecule has 5 heteroatoms. The number of nitrogens with one attached hydrogen (secondary N) is 1. The zero-order chi connectivity index (χ0) is 13.7. The topological polar surface area (TPSA) is 67.8 Å². The largest absolute Gasteiger partial charge is 0.480 e. The molecule has 1 aromatic carbocycles. The van der Waals surface area contributed by atoms with Crippen LogP contribution in [0.5, 0.6) is 0 Å². The van der Waals surface area contributed by atoms with E-state index in [9.17, 15) is 9.90 Å². The van der Waals surface area contributed by atoms with Gasteiger partial charge >= 0.3 is 5.97 Å². The van der Waals surface area contributed by atoms with Crippen molar-refractivity contribution in [3.8, 4) is 0 Å². The molecule has 0 bridgehead atoms. The first-order chi connectivity index (χ1) is 9.19. The van der Waals surface area contributed by atoms with Crippen LogP contribution in [-0.2, 0) is 19.8 Å². The molecule has 0 amide bonds. The standard InChI is InChI=1S/C14H19NO4/c1-2-15-14(13(16)17,10-19-12-8-18-9-12)11-6-4-3-5-7-11/h3-7,12,15H,2,8-10H2,1H3,(H,16,17). The van der Waals surface area contributed by atoms with Crippen molar-refractivity contribution in [2.24, 2.45) is 0 Å². The van der Waals surface area contributed by atoms with E-state index in [1.807, 2.05) is 25.1 Å². The van der Waals surface area contributed by atoms with Crippen molar-refractivity contribution in [1.82, 2.24) is 5.32 Å². The molecule has 0 spiro atoms. The molecule has 1 atom stereocenters. The van der Waals surface area contributed by atoms with Gasteiger partial charge < -0.3 is 14.6 Å². The summed E-state index contributed by atoms with van der Waals surface area (Å²) in [6, 6.07) is 9.13. The molecular formula is C14H19NO4. The highest BCUT2D eigenvalue weighted by Crippen LogP contribution is 2.23. The van der Waals surface area contributed by atoms with Crippen LogP contribution in [0.25, 0.3) is 0 Å². The average Bonchev–Trinajstić information content (AvgIpc) is 2.36. The van der Waals surface area contributed by atoms with Crippen molar-refractivity contribution in [1.29, 1.82) is 0 Å². The molecule has 0 aromatic heterocycles. The molecule has 2 rings (SSSR count). The molecule has 1 aliphatic heterocycles. The highest BCUT2D eigenvalue weighted by Gasteiger charge is 2.41. The number of aliphatic carboxylic acids is 1. The predicted octanol–water partition coefficient (Wildman–Crippen LogP) is 0.991. The van der Waals surface area contributed by atoms with E-state index in [1.54, 1.807) is 12.1 Å². The van der Waals surface area contributed by atoms with E-state index in [0.29, 0.717) is 25.3 Å². The van der Waals surface area contributed by atoms with Crippen LogP contribution < -0.4 is 5.32 Å². The maximum atomic E-state index is 11.8. The molecular weight excluding hydrogens is 246 g/mol. The molecule has 1 aromatic rings. The van der Waals surface area contributed by atoms with Crippen LogP contribution >= 0.6 is 0 Å². The lowest BCUT2D eigenvalue weighted by Gasteiger charge is -2.34. The Balaban J connectivity index is 2.21. The Labute approximate surface area is 112 Å². The van der Waals surface area contributed by atoms with Gasteiger partial charge in [-0.25, -0.2) is 4.79 Å². The predicted molar refractivity (Wildman–Crippen MR) is 70.0 cm³/mol. The minimum absolute atomic E-state index is 0.00101. The first-order valence-electron chi connectivity index (χ1n) is 6.42. The number of ether oxygens (including phenoxy) is 2. The molecule has 19 heavy (non-hydrogen) atoms. The molecule has 1 unspecified atom stereocenters. The first-order valence-corrected chi connectivity index (χ1v) is 6.42. The number of carbonyl (C=O) groups is 1. The van der Waals surface area contributed by atoms with Crippen molar-refractivity contribution >= 4 is 5.97 Å². The van der Waals surface area contributed by atoms with E-state index in [2.05, 4.69) is 5.32 Å². The fourth-order valence-electron chi connectivity index (χ4n) is 2.07. The maximum absolute atomic E-state index is 11.8. The van der Waals surface area contributed by atoms with Gasteiger partial charge in [0.05, 0.1) is 19.8 Å². The Morgan fingerprint density at radius 2 is 2.16 bits per heavy atom. The van der Waals surface area contributed by atoms with Gasteiger partial charge in [-0.15, -0.1) is 0 Å². The van der Waals surface area contributed by atoms with Crippen molar-refractivity contribution in [2.45, 2.75) is 18.6 Å². The van der Waals surface area contributed by atoms with E-state index in [1.165, 1.54) is 0 Å². The summed E-state index contributed by atoms with van der Waals surface area (Å²) in [5.41, 5.74) is -0.504. The van der Waals surface area contributed by atoms with E-state index in [-0.39, 0.29) is 12.7 Å². The molecule has 1 heterocycles. The third kappa shape index (κ3) is 2.94. The van der Waals surface area contributed by atoms with Gasteiger partial charge in [0.25, 0.3) is 0 Å². The van der Waals surface area contributed by atoms with Crippen molar-refractivity contribution in [2.75, 3.05) is 26.4 Å². The molecule has 0 aliphatic carbocycles. The van der Waals surface area contributed by atoms with Gasteiger partial charge in [-0.3, -0.25) is 5.32 Å². The van der Waals surface area contributed by atoms with Crippen molar-refractivity contribution in [3.63, 3.8) is 0 Å². The molecule has 0 radical (unpaired) electrons. The number of carboxylic acid groups (broad SMARTS) is 1. The normalized spacial score (nSPS) is 18.6.